The van der Waals surface area contributed by atoms with Crippen LogP contribution in [-0.4, -0.2) is 12.1 Å². The van der Waals surface area contributed by atoms with Gasteiger partial charge < -0.3 is 5.32 Å². The largest absolute Gasteiger partial charge is 0.361 e. The molecule has 22 heavy (non-hydrogen) atoms. The highest BCUT2D eigenvalue weighted by atomic mass is 32.1. The van der Waals surface area contributed by atoms with E-state index in [4.69, 9.17) is 0 Å². The maximum absolute atomic E-state index is 12.2. The van der Waals surface area contributed by atoms with Gasteiger partial charge in [0.1, 0.15) is 6.29 Å². The Morgan fingerprint density at radius 1 is 1.00 bits per heavy atom. The quantitative estimate of drug-likeness (QED) is 0.366. The number of rotatable bonds is 7. The van der Waals surface area contributed by atoms with Crippen LogP contribution in [0.3, 0.4) is 0 Å². The Morgan fingerprint density at radius 2 is 1.82 bits per heavy atom. The fraction of sp³-hybridized carbons (Fsp3) is 0. The zero-order valence-corrected chi connectivity index (χ0v) is 12.6. The van der Waals surface area contributed by atoms with Gasteiger partial charge in [0.2, 0.25) is 0 Å². The number of carbonyl (C=O) groups is 2. The third kappa shape index (κ3) is 4.68. The standard InChI is InChI=1S/C18H15NO2S/c20-12-6-2-5-11-19-16(15-8-3-1-4-9-15)14-17(21)18-10-7-13-22-18/h1-14,19H/b6-2+,11-5+,16-14+. The van der Waals surface area contributed by atoms with Gasteiger partial charge in [-0.1, -0.05) is 42.5 Å². The first-order chi connectivity index (χ1) is 10.8. The zero-order valence-electron chi connectivity index (χ0n) is 11.8. The second-order valence-electron chi connectivity index (χ2n) is 4.29. The summed E-state index contributed by atoms with van der Waals surface area (Å²) in [6.07, 6.45) is 8.67. The summed E-state index contributed by atoms with van der Waals surface area (Å²) in [5.74, 6) is -0.0433. The van der Waals surface area contributed by atoms with E-state index < -0.39 is 0 Å². The van der Waals surface area contributed by atoms with Gasteiger partial charge in [0.15, 0.2) is 5.78 Å². The molecule has 0 saturated carbocycles. The Balaban J connectivity index is 2.22. The molecule has 3 nitrogen and oxygen atoms in total. The van der Waals surface area contributed by atoms with Gasteiger partial charge in [-0.25, -0.2) is 0 Å². The number of carbonyl (C=O) groups excluding carboxylic acids is 2. The van der Waals surface area contributed by atoms with E-state index >= 15 is 0 Å². The van der Waals surface area contributed by atoms with Crippen molar-refractivity contribution in [2.24, 2.45) is 0 Å². The minimum absolute atomic E-state index is 0.0433. The minimum Gasteiger partial charge on any atom is -0.361 e. The van der Waals surface area contributed by atoms with Crippen molar-refractivity contribution in [3.05, 3.63) is 88.8 Å². The Kier molecular flexibility index (Phi) is 6.08. The topological polar surface area (TPSA) is 46.2 Å². The molecular formula is C18H15NO2S. The molecule has 0 aliphatic heterocycles. The summed E-state index contributed by atoms with van der Waals surface area (Å²) in [5, 5.41) is 4.96. The van der Waals surface area contributed by atoms with Crippen molar-refractivity contribution in [3.8, 4) is 0 Å². The molecule has 0 fully saturated rings. The smallest absolute Gasteiger partial charge is 0.197 e. The Hall–Kier alpha value is -2.72. The van der Waals surface area contributed by atoms with Crippen LogP contribution in [0.2, 0.25) is 0 Å². The van der Waals surface area contributed by atoms with Crippen LogP contribution in [0.4, 0.5) is 0 Å². The summed E-state index contributed by atoms with van der Waals surface area (Å²) in [4.78, 5) is 23.1. The lowest BCUT2D eigenvalue weighted by molar-refractivity contribution is -0.104. The van der Waals surface area contributed by atoms with Crippen LogP contribution in [0.5, 0.6) is 0 Å². The van der Waals surface area contributed by atoms with Crippen LogP contribution >= 0.6 is 11.3 Å². The molecule has 0 atom stereocenters. The van der Waals surface area contributed by atoms with E-state index in [-0.39, 0.29) is 5.78 Å². The summed E-state index contributed by atoms with van der Waals surface area (Å²) >= 11 is 1.41. The van der Waals surface area contributed by atoms with Gasteiger partial charge >= 0.3 is 0 Å². The molecule has 1 N–H and O–H groups in total. The normalized spacial score (nSPS) is 11.9. The Bertz CT molecular complexity index is 698. The van der Waals surface area contributed by atoms with Crippen molar-refractivity contribution in [2.45, 2.75) is 0 Å². The third-order valence-corrected chi connectivity index (χ3v) is 3.64. The molecule has 1 aromatic carbocycles. The highest BCUT2D eigenvalue weighted by molar-refractivity contribution is 7.12. The molecule has 0 bridgehead atoms. The van der Waals surface area contributed by atoms with Crippen LogP contribution in [-0.2, 0) is 4.79 Å². The van der Waals surface area contributed by atoms with E-state index in [1.807, 2.05) is 41.8 Å². The van der Waals surface area contributed by atoms with Gasteiger partial charge in [0, 0.05) is 18.0 Å². The van der Waals surface area contributed by atoms with Crippen LogP contribution in [0.1, 0.15) is 15.2 Å². The number of thiophene rings is 1. The van der Waals surface area contributed by atoms with Crippen LogP contribution in [0.25, 0.3) is 5.70 Å². The lowest BCUT2D eigenvalue weighted by Gasteiger charge is -2.07. The van der Waals surface area contributed by atoms with Crippen molar-refractivity contribution in [1.29, 1.82) is 0 Å². The van der Waals surface area contributed by atoms with Crippen molar-refractivity contribution >= 4 is 29.1 Å². The molecule has 0 aliphatic rings. The number of allylic oxidation sites excluding steroid dienone is 4. The molecular weight excluding hydrogens is 294 g/mol. The molecule has 0 radical (unpaired) electrons. The van der Waals surface area contributed by atoms with Gasteiger partial charge in [0.05, 0.1) is 4.88 Å². The third-order valence-electron chi connectivity index (χ3n) is 2.76. The van der Waals surface area contributed by atoms with E-state index in [0.717, 1.165) is 5.56 Å². The fourth-order valence-corrected chi connectivity index (χ4v) is 2.39. The van der Waals surface area contributed by atoms with Gasteiger partial charge in [-0.05, 0) is 29.2 Å². The summed E-state index contributed by atoms with van der Waals surface area (Å²) in [6, 6.07) is 13.3. The van der Waals surface area contributed by atoms with Gasteiger partial charge in [-0.2, -0.15) is 0 Å². The van der Waals surface area contributed by atoms with Gasteiger partial charge in [0.25, 0.3) is 0 Å². The molecule has 110 valence electrons. The van der Waals surface area contributed by atoms with Crippen molar-refractivity contribution < 1.29 is 9.59 Å². The van der Waals surface area contributed by atoms with E-state index in [0.29, 0.717) is 16.9 Å². The first kappa shape index (κ1) is 15.7. The molecule has 4 heteroatoms. The SMILES string of the molecule is O=C/C=C/C=C/N/C(=C/C(=O)c1cccs1)c1ccccc1. The zero-order chi connectivity index (χ0) is 15.6. The molecule has 0 unspecified atom stereocenters. The van der Waals surface area contributed by atoms with Crippen molar-refractivity contribution in [2.75, 3.05) is 0 Å². The highest BCUT2D eigenvalue weighted by Crippen LogP contribution is 2.15. The molecule has 2 rings (SSSR count). The molecule has 0 aliphatic carbocycles. The first-order valence-corrected chi connectivity index (χ1v) is 7.57. The lowest BCUT2D eigenvalue weighted by Crippen LogP contribution is -2.06. The second-order valence-corrected chi connectivity index (χ2v) is 5.24. The monoisotopic (exact) mass is 309 g/mol. The Labute approximate surface area is 133 Å². The maximum Gasteiger partial charge on any atom is 0.197 e. The molecule has 0 saturated heterocycles. The summed E-state index contributed by atoms with van der Waals surface area (Å²) in [6.45, 7) is 0. The fourth-order valence-electron chi connectivity index (χ4n) is 1.75. The lowest BCUT2D eigenvalue weighted by atomic mass is 10.1. The summed E-state index contributed by atoms with van der Waals surface area (Å²) in [5.41, 5.74) is 1.62. The molecule has 0 amide bonds. The maximum atomic E-state index is 12.2. The predicted octanol–water partition coefficient (Wildman–Crippen LogP) is 3.83. The molecule has 1 heterocycles. The predicted molar refractivity (Wildman–Crippen MR) is 90.5 cm³/mol. The van der Waals surface area contributed by atoms with Gasteiger partial charge in [-0.3, -0.25) is 9.59 Å². The number of hydrogen-bond acceptors (Lipinski definition) is 4. The average Bonchev–Trinajstić information content (AvgIpc) is 3.09. The Morgan fingerprint density at radius 3 is 2.50 bits per heavy atom. The highest BCUT2D eigenvalue weighted by Gasteiger charge is 2.06. The number of aldehydes is 1. The number of hydrogen-bond donors (Lipinski definition) is 1. The number of benzene rings is 1. The second kappa shape index (κ2) is 8.54. The van der Waals surface area contributed by atoms with Crippen molar-refractivity contribution in [1.82, 2.24) is 5.32 Å². The van der Waals surface area contributed by atoms with E-state index in [1.165, 1.54) is 17.4 Å². The first-order valence-electron chi connectivity index (χ1n) is 6.70. The van der Waals surface area contributed by atoms with E-state index in [1.54, 1.807) is 30.5 Å². The van der Waals surface area contributed by atoms with Gasteiger partial charge in [-0.15, -0.1) is 11.3 Å². The summed E-state index contributed by atoms with van der Waals surface area (Å²) < 4.78 is 0. The summed E-state index contributed by atoms with van der Waals surface area (Å²) in [7, 11) is 0. The molecule has 1 aromatic heterocycles. The minimum atomic E-state index is -0.0433. The van der Waals surface area contributed by atoms with Crippen LogP contribution in [0.15, 0.2) is 78.3 Å². The van der Waals surface area contributed by atoms with Crippen LogP contribution < -0.4 is 5.32 Å². The number of nitrogens with one attached hydrogen (secondary N) is 1. The van der Waals surface area contributed by atoms with Crippen molar-refractivity contribution in [3.63, 3.8) is 0 Å². The average molecular weight is 309 g/mol. The van der Waals surface area contributed by atoms with E-state index in [2.05, 4.69) is 5.32 Å². The molecule has 2 aromatic rings. The van der Waals surface area contributed by atoms with Crippen LogP contribution in [0, 0.1) is 0 Å². The van der Waals surface area contributed by atoms with E-state index in [9.17, 15) is 9.59 Å². The number of ketones is 1. The molecule has 0 spiro atoms.